The molecule has 0 radical (unpaired) electrons. The lowest BCUT2D eigenvalue weighted by molar-refractivity contribution is 0.252. The summed E-state index contributed by atoms with van der Waals surface area (Å²) < 4.78 is 2.22. The van der Waals surface area contributed by atoms with Crippen molar-refractivity contribution in [1.82, 2.24) is 9.55 Å². The van der Waals surface area contributed by atoms with E-state index in [4.69, 9.17) is 0 Å². The Morgan fingerprint density at radius 1 is 1.26 bits per heavy atom. The van der Waals surface area contributed by atoms with Gasteiger partial charge in [-0.1, -0.05) is 26.7 Å². The smallest absolute Gasteiger partial charge is 0.203 e. The summed E-state index contributed by atoms with van der Waals surface area (Å²) in [6.45, 7) is 10.2. The van der Waals surface area contributed by atoms with E-state index in [1.165, 1.54) is 32.1 Å². The van der Waals surface area contributed by atoms with E-state index >= 15 is 0 Å². The summed E-state index contributed by atoms with van der Waals surface area (Å²) >= 11 is 0. The van der Waals surface area contributed by atoms with E-state index in [9.17, 15) is 0 Å². The molecule has 1 aromatic heterocycles. The Kier molecular flexibility index (Phi) is 4.54. The lowest BCUT2D eigenvalue weighted by Crippen LogP contribution is -2.29. The normalized spacial score (nSPS) is 18.4. The van der Waals surface area contributed by atoms with Crippen LogP contribution in [0.15, 0.2) is 12.4 Å². The van der Waals surface area contributed by atoms with Gasteiger partial charge in [-0.05, 0) is 44.4 Å². The van der Waals surface area contributed by atoms with Crippen LogP contribution >= 0.6 is 0 Å². The van der Waals surface area contributed by atoms with E-state index < -0.39 is 0 Å². The lowest BCUT2D eigenvalue weighted by atomic mass is 9.78. The molecule has 0 spiro atoms. The fourth-order valence-corrected chi connectivity index (χ4v) is 3.58. The molecule has 1 aliphatic rings. The molecular weight excluding hydrogens is 234 g/mol. The predicted octanol–water partition coefficient (Wildman–Crippen LogP) is 4.48. The SMILES string of the molecule is CC(C)CC1(CNc2nccn2C(C)C)CCCC1. The molecule has 3 heteroatoms. The molecule has 0 bridgehead atoms. The van der Waals surface area contributed by atoms with E-state index in [0.29, 0.717) is 11.5 Å². The quantitative estimate of drug-likeness (QED) is 0.820. The van der Waals surface area contributed by atoms with Gasteiger partial charge in [0, 0.05) is 25.0 Å². The highest BCUT2D eigenvalue weighted by molar-refractivity contribution is 5.27. The van der Waals surface area contributed by atoms with Crippen LogP contribution in [-0.4, -0.2) is 16.1 Å². The van der Waals surface area contributed by atoms with E-state index in [0.717, 1.165) is 18.4 Å². The van der Waals surface area contributed by atoms with Gasteiger partial charge in [-0.25, -0.2) is 4.98 Å². The second-order valence-electron chi connectivity index (χ2n) is 6.91. The number of imidazole rings is 1. The zero-order valence-electron chi connectivity index (χ0n) is 12.9. The summed E-state index contributed by atoms with van der Waals surface area (Å²) in [6, 6.07) is 0.467. The van der Waals surface area contributed by atoms with E-state index in [-0.39, 0.29) is 0 Å². The van der Waals surface area contributed by atoms with Gasteiger partial charge in [-0.3, -0.25) is 0 Å². The minimum absolute atomic E-state index is 0.467. The summed E-state index contributed by atoms with van der Waals surface area (Å²) in [7, 11) is 0. The highest BCUT2D eigenvalue weighted by Gasteiger charge is 2.34. The average Bonchev–Trinajstić information content (AvgIpc) is 2.94. The zero-order valence-corrected chi connectivity index (χ0v) is 12.9. The van der Waals surface area contributed by atoms with Crippen LogP contribution in [0.3, 0.4) is 0 Å². The van der Waals surface area contributed by atoms with Crippen molar-refractivity contribution in [1.29, 1.82) is 0 Å². The molecule has 1 aliphatic carbocycles. The number of nitrogens with one attached hydrogen (secondary N) is 1. The molecular formula is C16H29N3. The molecule has 1 saturated carbocycles. The standard InChI is InChI=1S/C16H29N3/c1-13(2)11-16(7-5-6-8-16)12-18-15-17-9-10-19(15)14(3)4/h9-10,13-14H,5-8,11-12H2,1-4H3,(H,17,18). The Morgan fingerprint density at radius 3 is 2.53 bits per heavy atom. The van der Waals surface area contributed by atoms with Crippen molar-refractivity contribution < 1.29 is 0 Å². The molecule has 0 unspecified atom stereocenters. The summed E-state index contributed by atoms with van der Waals surface area (Å²) in [5.41, 5.74) is 0.502. The number of anilines is 1. The molecule has 2 rings (SSSR count). The Labute approximate surface area is 117 Å². The third-order valence-corrected chi connectivity index (χ3v) is 4.35. The Hall–Kier alpha value is -0.990. The van der Waals surface area contributed by atoms with Crippen molar-refractivity contribution in [3.8, 4) is 0 Å². The minimum atomic E-state index is 0.467. The van der Waals surface area contributed by atoms with Gasteiger partial charge in [-0.2, -0.15) is 0 Å². The molecule has 0 aromatic carbocycles. The van der Waals surface area contributed by atoms with Gasteiger partial charge in [0.15, 0.2) is 0 Å². The van der Waals surface area contributed by atoms with E-state index in [1.807, 2.05) is 6.20 Å². The zero-order chi connectivity index (χ0) is 13.9. The van der Waals surface area contributed by atoms with Gasteiger partial charge in [0.25, 0.3) is 0 Å². The van der Waals surface area contributed by atoms with Crippen molar-refractivity contribution in [2.45, 2.75) is 65.8 Å². The van der Waals surface area contributed by atoms with E-state index in [1.54, 1.807) is 0 Å². The summed E-state index contributed by atoms with van der Waals surface area (Å²) in [6.07, 6.45) is 10.8. The maximum atomic E-state index is 4.46. The van der Waals surface area contributed by atoms with Crippen LogP contribution < -0.4 is 5.32 Å². The molecule has 0 amide bonds. The van der Waals surface area contributed by atoms with Crippen molar-refractivity contribution in [3.63, 3.8) is 0 Å². The number of hydrogen-bond acceptors (Lipinski definition) is 2. The molecule has 1 fully saturated rings. The monoisotopic (exact) mass is 263 g/mol. The van der Waals surface area contributed by atoms with Crippen LogP contribution in [0.4, 0.5) is 5.95 Å². The van der Waals surface area contributed by atoms with Crippen LogP contribution in [0.5, 0.6) is 0 Å². The molecule has 3 nitrogen and oxygen atoms in total. The summed E-state index contributed by atoms with van der Waals surface area (Å²) in [5, 5.41) is 3.61. The molecule has 1 N–H and O–H groups in total. The molecule has 108 valence electrons. The maximum absolute atomic E-state index is 4.46. The van der Waals surface area contributed by atoms with Crippen molar-refractivity contribution in [2.24, 2.45) is 11.3 Å². The molecule has 1 aromatic rings. The van der Waals surface area contributed by atoms with Crippen molar-refractivity contribution in [3.05, 3.63) is 12.4 Å². The average molecular weight is 263 g/mol. The fourth-order valence-electron chi connectivity index (χ4n) is 3.58. The molecule has 0 atom stereocenters. The Morgan fingerprint density at radius 2 is 1.95 bits per heavy atom. The first-order valence-corrected chi connectivity index (χ1v) is 7.79. The van der Waals surface area contributed by atoms with Gasteiger partial charge in [0.1, 0.15) is 0 Å². The van der Waals surface area contributed by atoms with Gasteiger partial charge >= 0.3 is 0 Å². The maximum Gasteiger partial charge on any atom is 0.203 e. The number of rotatable bonds is 6. The van der Waals surface area contributed by atoms with Crippen LogP contribution in [0.2, 0.25) is 0 Å². The van der Waals surface area contributed by atoms with Crippen molar-refractivity contribution >= 4 is 5.95 Å². The van der Waals surface area contributed by atoms with Gasteiger partial charge in [-0.15, -0.1) is 0 Å². The first kappa shape index (κ1) is 14.4. The van der Waals surface area contributed by atoms with Gasteiger partial charge in [0.2, 0.25) is 5.95 Å². The third kappa shape index (κ3) is 3.52. The first-order valence-electron chi connectivity index (χ1n) is 7.79. The second-order valence-corrected chi connectivity index (χ2v) is 6.91. The third-order valence-electron chi connectivity index (χ3n) is 4.35. The number of aromatic nitrogens is 2. The van der Waals surface area contributed by atoms with Crippen molar-refractivity contribution in [2.75, 3.05) is 11.9 Å². The Bertz CT molecular complexity index is 386. The van der Waals surface area contributed by atoms with Crippen LogP contribution in [0.1, 0.15) is 65.8 Å². The molecule has 0 aliphatic heterocycles. The summed E-state index contributed by atoms with van der Waals surface area (Å²) in [5.74, 6) is 1.81. The lowest BCUT2D eigenvalue weighted by Gasteiger charge is -2.31. The number of hydrogen-bond donors (Lipinski definition) is 1. The topological polar surface area (TPSA) is 29.9 Å². The van der Waals surface area contributed by atoms with Gasteiger partial charge < -0.3 is 9.88 Å². The van der Waals surface area contributed by atoms with Gasteiger partial charge in [0.05, 0.1) is 0 Å². The molecule has 0 saturated heterocycles. The summed E-state index contributed by atoms with van der Waals surface area (Å²) in [4.78, 5) is 4.46. The van der Waals surface area contributed by atoms with Crippen LogP contribution in [0, 0.1) is 11.3 Å². The fraction of sp³-hybridized carbons (Fsp3) is 0.812. The molecule has 1 heterocycles. The number of nitrogens with zero attached hydrogens (tertiary/aromatic N) is 2. The molecule has 19 heavy (non-hydrogen) atoms. The second kappa shape index (κ2) is 5.98. The largest absolute Gasteiger partial charge is 0.355 e. The van der Waals surface area contributed by atoms with E-state index in [2.05, 4.69) is 48.8 Å². The van der Waals surface area contributed by atoms with Crippen LogP contribution in [-0.2, 0) is 0 Å². The minimum Gasteiger partial charge on any atom is -0.355 e. The Balaban J connectivity index is 2.01. The first-order chi connectivity index (χ1) is 9.02. The predicted molar refractivity (Wildman–Crippen MR) is 81.5 cm³/mol. The highest BCUT2D eigenvalue weighted by Crippen LogP contribution is 2.43. The van der Waals surface area contributed by atoms with Crippen LogP contribution in [0.25, 0.3) is 0 Å². The highest BCUT2D eigenvalue weighted by atomic mass is 15.2.